The SMILES string of the molecule is CCCCCCCCCC(=O)C(N)(CC)CC. The quantitative estimate of drug-likeness (QED) is 0.550. The second-order valence-corrected chi connectivity index (χ2v) is 5.16. The van der Waals surface area contributed by atoms with Crippen molar-refractivity contribution in [2.75, 3.05) is 0 Å². The minimum absolute atomic E-state index is 0.260. The van der Waals surface area contributed by atoms with E-state index in [-0.39, 0.29) is 5.78 Å². The first-order valence-electron chi connectivity index (χ1n) is 7.42. The molecule has 0 heterocycles. The van der Waals surface area contributed by atoms with Gasteiger partial charge in [-0.05, 0) is 19.3 Å². The van der Waals surface area contributed by atoms with E-state index in [1.807, 2.05) is 13.8 Å². The van der Waals surface area contributed by atoms with Gasteiger partial charge in [0.2, 0.25) is 0 Å². The Hall–Kier alpha value is -0.370. The standard InChI is InChI=1S/C15H31NO/c1-4-7-8-9-10-11-12-13-14(17)15(16,5-2)6-3/h4-13,16H2,1-3H3. The minimum atomic E-state index is -0.553. The van der Waals surface area contributed by atoms with Gasteiger partial charge in [-0.25, -0.2) is 0 Å². The van der Waals surface area contributed by atoms with Crippen LogP contribution in [-0.4, -0.2) is 11.3 Å². The highest BCUT2D eigenvalue weighted by molar-refractivity contribution is 5.87. The number of rotatable bonds is 11. The van der Waals surface area contributed by atoms with E-state index in [1.54, 1.807) is 0 Å². The van der Waals surface area contributed by atoms with Crippen molar-refractivity contribution in [2.24, 2.45) is 5.73 Å². The van der Waals surface area contributed by atoms with Crippen LogP contribution in [0.25, 0.3) is 0 Å². The molecule has 0 aliphatic rings. The van der Waals surface area contributed by atoms with Crippen LogP contribution in [0.2, 0.25) is 0 Å². The van der Waals surface area contributed by atoms with Crippen LogP contribution in [0.5, 0.6) is 0 Å². The molecule has 0 saturated carbocycles. The molecule has 0 atom stereocenters. The normalized spacial score (nSPS) is 11.8. The molecule has 0 rings (SSSR count). The molecule has 0 spiro atoms. The Morgan fingerprint density at radius 3 is 1.82 bits per heavy atom. The molecule has 0 aromatic carbocycles. The molecule has 0 saturated heterocycles. The summed E-state index contributed by atoms with van der Waals surface area (Å²) in [4.78, 5) is 11.9. The van der Waals surface area contributed by atoms with E-state index in [0.29, 0.717) is 6.42 Å². The van der Waals surface area contributed by atoms with Crippen molar-refractivity contribution in [2.45, 2.75) is 90.5 Å². The highest BCUT2D eigenvalue weighted by atomic mass is 16.1. The van der Waals surface area contributed by atoms with Gasteiger partial charge >= 0.3 is 0 Å². The van der Waals surface area contributed by atoms with Gasteiger partial charge in [-0.2, -0.15) is 0 Å². The maximum atomic E-state index is 11.9. The average molecular weight is 241 g/mol. The number of Topliss-reactive ketones (excluding diaryl/α,β-unsaturated/α-hetero) is 1. The van der Waals surface area contributed by atoms with E-state index < -0.39 is 5.54 Å². The summed E-state index contributed by atoms with van der Waals surface area (Å²) in [5.41, 5.74) is 5.52. The van der Waals surface area contributed by atoms with E-state index in [2.05, 4.69) is 6.92 Å². The second-order valence-electron chi connectivity index (χ2n) is 5.16. The van der Waals surface area contributed by atoms with Gasteiger partial charge in [-0.15, -0.1) is 0 Å². The summed E-state index contributed by atoms with van der Waals surface area (Å²) in [7, 11) is 0. The maximum absolute atomic E-state index is 11.9. The smallest absolute Gasteiger partial charge is 0.152 e. The molecule has 0 bridgehead atoms. The van der Waals surface area contributed by atoms with Gasteiger partial charge in [0.1, 0.15) is 0 Å². The third kappa shape index (κ3) is 6.82. The molecule has 2 nitrogen and oxygen atoms in total. The number of carbonyl (C=O) groups is 1. The van der Waals surface area contributed by atoms with E-state index in [4.69, 9.17) is 5.73 Å². The highest BCUT2D eigenvalue weighted by Gasteiger charge is 2.28. The molecular weight excluding hydrogens is 210 g/mol. The molecule has 0 radical (unpaired) electrons. The first-order chi connectivity index (χ1) is 8.10. The molecule has 17 heavy (non-hydrogen) atoms. The molecule has 0 aromatic rings. The number of hydrogen-bond acceptors (Lipinski definition) is 2. The van der Waals surface area contributed by atoms with Gasteiger partial charge in [0.05, 0.1) is 5.54 Å². The van der Waals surface area contributed by atoms with Crippen molar-refractivity contribution in [3.05, 3.63) is 0 Å². The molecule has 0 aliphatic carbocycles. The van der Waals surface area contributed by atoms with Gasteiger partial charge in [-0.3, -0.25) is 4.79 Å². The molecule has 0 amide bonds. The summed E-state index contributed by atoms with van der Waals surface area (Å²) in [5.74, 6) is 0.260. The Bertz CT molecular complexity index is 197. The zero-order chi connectivity index (χ0) is 13.1. The lowest BCUT2D eigenvalue weighted by Crippen LogP contribution is -2.46. The lowest BCUT2D eigenvalue weighted by Gasteiger charge is -2.24. The Morgan fingerprint density at radius 1 is 0.882 bits per heavy atom. The number of ketones is 1. The van der Waals surface area contributed by atoms with Gasteiger partial charge in [0.25, 0.3) is 0 Å². The summed E-state index contributed by atoms with van der Waals surface area (Å²) < 4.78 is 0. The predicted molar refractivity (Wildman–Crippen MR) is 75.1 cm³/mol. The largest absolute Gasteiger partial charge is 0.319 e. The molecular formula is C15H31NO. The average Bonchev–Trinajstić information content (AvgIpc) is 2.36. The molecule has 2 heteroatoms. The van der Waals surface area contributed by atoms with Crippen molar-refractivity contribution in [3.8, 4) is 0 Å². The number of carbonyl (C=O) groups excluding carboxylic acids is 1. The van der Waals surface area contributed by atoms with Crippen molar-refractivity contribution < 1.29 is 4.79 Å². The van der Waals surface area contributed by atoms with Crippen molar-refractivity contribution in [3.63, 3.8) is 0 Å². The molecule has 2 N–H and O–H groups in total. The van der Waals surface area contributed by atoms with E-state index >= 15 is 0 Å². The highest BCUT2D eigenvalue weighted by Crippen LogP contribution is 2.17. The molecule has 0 aromatic heterocycles. The van der Waals surface area contributed by atoms with Crippen molar-refractivity contribution in [1.82, 2.24) is 0 Å². The summed E-state index contributed by atoms with van der Waals surface area (Å²) in [6, 6.07) is 0. The summed E-state index contributed by atoms with van der Waals surface area (Å²) >= 11 is 0. The fourth-order valence-electron chi connectivity index (χ4n) is 2.14. The molecule has 0 aliphatic heterocycles. The fraction of sp³-hybridized carbons (Fsp3) is 0.933. The van der Waals surface area contributed by atoms with E-state index in [9.17, 15) is 4.79 Å². The van der Waals surface area contributed by atoms with Crippen LogP contribution < -0.4 is 5.73 Å². The minimum Gasteiger partial charge on any atom is -0.319 e. The van der Waals surface area contributed by atoms with Crippen LogP contribution in [0.1, 0.15) is 85.0 Å². The topological polar surface area (TPSA) is 43.1 Å². The summed E-state index contributed by atoms with van der Waals surface area (Å²) in [5, 5.41) is 0. The van der Waals surface area contributed by atoms with Crippen molar-refractivity contribution >= 4 is 5.78 Å². The lowest BCUT2D eigenvalue weighted by atomic mass is 9.86. The monoisotopic (exact) mass is 241 g/mol. The summed E-state index contributed by atoms with van der Waals surface area (Å²) in [6.45, 7) is 6.24. The van der Waals surface area contributed by atoms with E-state index in [0.717, 1.165) is 19.3 Å². The lowest BCUT2D eigenvalue weighted by molar-refractivity contribution is -0.124. The first-order valence-corrected chi connectivity index (χ1v) is 7.42. The van der Waals surface area contributed by atoms with Crippen LogP contribution in [-0.2, 0) is 4.79 Å². The van der Waals surface area contributed by atoms with Crippen LogP contribution >= 0.6 is 0 Å². The van der Waals surface area contributed by atoms with Crippen LogP contribution in [0.4, 0.5) is 0 Å². The number of nitrogens with two attached hydrogens (primary N) is 1. The third-order valence-corrected chi connectivity index (χ3v) is 3.82. The molecule has 0 fully saturated rings. The Labute approximate surface area is 107 Å². The van der Waals surface area contributed by atoms with Gasteiger partial charge in [0, 0.05) is 6.42 Å². The molecule has 102 valence electrons. The fourth-order valence-corrected chi connectivity index (χ4v) is 2.14. The van der Waals surface area contributed by atoms with Crippen LogP contribution in [0.3, 0.4) is 0 Å². The first kappa shape index (κ1) is 16.6. The molecule has 0 unspecified atom stereocenters. The van der Waals surface area contributed by atoms with Gasteiger partial charge < -0.3 is 5.73 Å². The Morgan fingerprint density at radius 2 is 1.35 bits per heavy atom. The Balaban J connectivity index is 3.57. The van der Waals surface area contributed by atoms with Gasteiger partial charge in [-0.1, -0.05) is 59.3 Å². The maximum Gasteiger partial charge on any atom is 0.152 e. The van der Waals surface area contributed by atoms with Crippen LogP contribution in [0, 0.1) is 0 Å². The van der Waals surface area contributed by atoms with E-state index in [1.165, 1.54) is 38.5 Å². The van der Waals surface area contributed by atoms with Crippen LogP contribution in [0.15, 0.2) is 0 Å². The van der Waals surface area contributed by atoms with Crippen molar-refractivity contribution in [1.29, 1.82) is 0 Å². The summed E-state index contributed by atoms with van der Waals surface area (Å²) in [6.07, 6.45) is 11.0. The zero-order valence-corrected chi connectivity index (χ0v) is 12.1. The Kier molecular flexibility index (Phi) is 9.43. The third-order valence-electron chi connectivity index (χ3n) is 3.82. The zero-order valence-electron chi connectivity index (χ0n) is 12.1. The second kappa shape index (κ2) is 9.64. The predicted octanol–water partition coefficient (Wildman–Crippen LogP) is 4.21. The number of hydrogen-bond donors (Lipinski definition) is 1. The number of unbranched alkanes of at least 4 members (excludes halogenated alkanes) is 6. The van der Waals surface area contributed by atoms with Gasteiger partial charge in [0.15, 0.2) is 5.78 Å².